The summed E-state index contributed by atoms with van der Waals surface area (Å²) in [6, 6.07) is 1.11. The first-order valence-corrected chi connectivity index (χ1v) is 8.71. The fourth-order valence-electron chi connectivity index (χ4n) is 3.74. The number of aliphatic hydroxyl groups excluding tert-OH is 1. The number of aliphatic hydroxyl groups is 1. The van der Waals surface area contributed by atoms with Gasteiger partial charge in [-0.2, -0.15) is 0 Å². The molecule has 136 valence electrons. The standard InChI is InChI=1S/C18H25N3O4/c1-21-10-13(12-8-9-19-15(12)17(21)23)16(22)20-14(18(24)25-2)11-6-4-3-5-7-11/h8-11,14,17,19,23H,3-7H2,1-2H3,(H,20,22)/t14-,17?/m0/s1. The van der Waals surface area contributed by atoms with E-state index in [0.29, 0.717) is 16.8 Å². The molecule has 3 N–H and O–H groups in total. The second-order valence-corrected chi connectivity index (χ2v) is 6.76. The molecule has 7 heteroatoms. The summed E-state index contributed by atoms with van der Waals surface area (Å²) in [4.78, 5) is 29.6. The molecule has 0 saturated heterocycles. The zero-order valence-corrected chi connectivity index (χ0v) is 14.6. The second-order valence-electron chi connectivity index (χ2n) is 6.76. The van der Waals surface area contributed by atoms with Crippen LogP contribution in [0.15, 0.2) is 18.5 Å². The molecule has 1 aliphatic carbocycles. The van der Waals surface area contributed by atoms with E-state index in [9.17, 15) is 14.7 Å². The largest absolute Gasteiger partial charge is 0.467 e. The van der Waals surface area contributed by atoms with E-state index >= 15 is 0 Å². The molecule has 0 spiro atoms. The van der Waals surface area contributed by atoms with Crippen LogP contribution in [-0.4, -0.2) is 47.1 Å². The summed E-state index contributed by atoms with van der Waals surface area (Å²) >= 11 is 0. The van der Waals surface area contributed by atoms with Crippen molar-refractivity contribution in [3.8, 4) is 0 Å². The number of hydrogen-bond acceptors (Lipinski definition) is 5. The molecule has 1 amide bonds. The van der Waals surface area contributed by atoms with E-state index in [0.717, 1.165) is 25.7 Å². The van der Waals surface area contributed by atoms with Gasteiger partial charge in [0.25, 0.3) is 5.91 Å². The monoisotopic (exact) mass is 347 g/mol. The molecule has 0 radical (unpaired) electrons. The lowest BCUT2D eigenvalue weighted by Gasteiger charge is -2.31. The fourth-order valence-corrected chi connectivity index (χ4v) is 3.74. The van der Waals surface area contributed by atoms with Crippen LogP contribution < -0.4 is 5.32 Å². The molecule has 2 heterocycles. The van der Waals surface area contributed by atoms with Gasteiger partial charge in [-0.05, 0) is 24.8 Å². The molecule has 3 rings (SSSR count). The molecule has 1 aromatic rings. The average molecular weight is 347 g/mol. The molecule has 1 fully saturated rings. The lowest BCUT2D eigenvalue weighted by atomic mass is 9.83. The van der Waals surface area contributed by atoms with Crippen LogP contribution in [0.3, 0.4) is 0 Å². The van der Waals surface area contributed by atoms with Gasteiger partial charge in [0.1, 0.15) is 6.04 Å². The Hall–Kier alpha value is -2.28. The van der Waals surface area contributed by atoms with E-state index < -0.39 is 18.2 Å². The molecular formula is C18H25N3O4. The number of hydrogen-bond donors (Lipinski definition) is 3. The highest BCUT2D eigenvalue weighted by Crippen LogP contribution is 2.32. The third kappa shape index (κ3) is 3.42. The normalized spacial score (nSPS) is 22.0. The number of nitrogens with one attached hydrogen (secondary N) is 2. The summed E-state index contributed by atoms with van der Waals surface area (Å²) < 4.78 is 4.92. The van der Waals surface area contributed by atoms with Crippen LogP contribution in [-0.2, 0) is 14.3 Å². The van der Waals surface area contributed by atoms with E-state index in [1.54, 1.807) is 30.4 Å². The third-order valence-corrected chi connectivity index (χ3v) is 5.15. The van der Waals surface area contributed by atoms with Crippen molar-refractivity contribution in [2.45, 2.75) is 44.4 Å². The van der Waals surface area contributed by atoms with Gasteiger partial charge in [0.2, 0.25) is 0 Å². The third-order valence-electron chi connectivity index (χ3n) is 5.15. The van der Waals surface area contributed by atoms with Crippen LogP contribution in [0.1, 0.15) is 49.6 Å². The highest BCUT2D eigenvalue weighted by molar-refractivity contribution is 6.20. The smallest absolute Gasteiger partial charge is 0.328 e. The van der Waals surface area contributed by atoms with Gasteiger partial charge in [-0.3, -0.25) is 4.79 Å². The molecule has 1 unspecified atom stereocenters. The quantitative estimate of drug-likeness (QED) is 0.718. The zero-order chi connectivity index (χ0) is 18.0. The number of ether oxygens (including phenoxy) is 1. The fraction of sp³-hybridized carbons (Fsp3) is 0.556. The Bertz CT molecular complexity index is 676. The Labute approximate surface area is 147 Å². The average Bonchev–Trinajstić information content (AvgIpc) is 3.12. The minimum atomic E-state index is -0.823. The van der Waals surface area contributed by atoms with Crippen molar-refractivity contribution in [2.75, 3.05) is 14.2 Å². The number of nitrogens with zero attached hydrogens (tertiary/aromatic N) is 1. The highest BCUT2D eigenvalue weighted by atomic mass is 16.5. The van der Waals surface area contributed by atoms with E-state index in [-0.39, 0.29) is 11.8 Å². The second kappa shape index (κ2) is 7.31. The van der Waals surface area contributed by atoms with E-state index in [1.165, 1.54) is 13.5 Å². The molecule has 7 nitrogen and oxygen atoms in total. The molecule has 1 saturated carbocycles. The highest BCUT2D eigenvalue weighted by Gasteiger charge is 2.34. The summed E-state index contributed by atoms with van der Waals surface area (Å²) in [5.41, 5.74) is 1.64. The molecule has 0 bridgehead atoms. The van der Waals surface area contributed by atoms with Gasteiger partial charge in [0, 0.05) is 25.0 Å². The van der Waals surface area contributed by atoms with Crippen LogP contribution in [0.5, 0.6) is 0 Å². The summed E-state index contributed by atoms with van der Waals surface area (Å²) in [6.07, 6.45) is 7.58. The SMILES string of the molecule is COC(=O)[C@@H](NC(=O)C1=CN(C)C(O)c2[nH]ccc21)C1CCCCC1. The van der Waals surface area contributed by atoms with E-state index in [1.807, 2.05) is 0 Å². The van der Waals surface area contributed by atoms with Gasteiger partial charge in [0.15, 0.2) is 6.23 Å². The lowest BCUT2D eigenvalue weighted by Crippen LogP contribution is -2.47. The molecule has 25 heavy (non-hydrogen) atoms. The van der Waals surface area contributed by atoms with Crippen molar-refractivity contribution in [2.24, 2.45) is 5.92 Å². The zero-order valence-electron chi connectivity index (χ0n) is 14.6. The first-order valence-electron chi connectivity index (χ1n) is 8.71. The van der Waals surface area contributed by atoms with E-state index in [2.05, 4.69) is 10.3 Å². The Morgan fingerprint density at radius 2 is 2.08 bits per heavy atom. The number of esters is 1. The van der Waals surface area contributed by atoms with Crippen molar-refractivity contribution in [1.82, 2.24) is 15.2 Å². The van der Waals surface area contributed by atoms with E-state index in [4.69, 9.17) is 4.74 Å². The number of aromatic nitrogens is 1. The molecule has 1 aromatic heterocycles. The molecule has 1 aliphatic heterocycles. The maximum Gasteiger partial charge on any atom is 0.328 e. The maximum absolute atomic E-state index is 12.9. The predicted molar refractivity (Wildman–Crippen MR) is 92.0 cm³/mol. The first kappa shape index (κ1) is 17.5. The van der Waals surface area contributed by atoms with Crippen LogP contribution >= 0.6 is 0 Å². The minimum Gasteiger partial charge on any atom is -0.467 e. The number of carbonyl (C=O) groups excluding carboxylic acids is 2. The number of amides is 1. The number of rotatable bonds is 4. The first-order chi connectivity index (χ1) is 12.0. The summed E-state index contributed by atoms with van der Waals surface area (Å²) in [5.74, 6) is -0.636. The van der Waals surface area contributed by atoms with Crippen LogP contribution in [0.25, 0.3) is 5.57 Å². The lowest BCUT2D eigenvalue weighted by molar-refractivity contribution is -0.146. The van der Waals surface area contributed by atoms with Gasteiger partial charge in [0.05, 0.1) is 18.4 Å². The molecule has 0 aromatic carbocycles. The number of methoxy groups -OCH3 is 1. The predicted octanol–water partition coefficient (Wildman–Crippen LogP) is 1.53. The van der Waals surface area contributed by atoms with Crippen molar-refractivity contribution in [1.29, 1.82) is 0 Å². The Kier molecular flexibility index (Phi) is 5.13. The Morgan fingerprint density at radius 1 is 1.36 bits per heavy atom. The Morgan fingerprint density at radius 3 is 2.76 bits per heavy atom. The summed E-state index contributed by atoms with van der Waals surface area (Å²) in [6.45, 7) is 0. The topological polar surface area (TPSA) is 94.7 Å². The van der Waals surface area contributed by atoms with Gasteiger partial charge in [-0.25, -0.2) is 4.79 Å². The van der Waals surface area contributed by atoms with Crippen LogP contribution in [0, 0.1) is 5.92 Å². The van der Waals surface area contributed by atoms with Crippen LogP contribution in [0.4, 0.5) is 0 Å². The summed E-state index contributed by atoms with van der Waals surface area (Å²) in [5, 5.41) is 13.0. The van der Waals surface area contributed by atoms with Crippen LogP contribution in [0.2, 0.25) is 0 Å². The van der Waals surface area contributed by atoms with Crippen molar-refractivity contribution in [3.63, 3.8) is 0 Å². The molecule has 2 atom stereocenters. The van der Waals surface area contributed by atoms with Crippen molar-refractivity contribution in [3.05, 3.63) is 29.7 Å². The number of H-pyrrole nitrogens is 1. The number of fused-ring (bicyclic) bond motifs is 1. The minimum absolute atomic E-state index is 0.100. The molecule has 2 aliphatic rings. The summed E-state index contributed by atoms with van der Waals surface area (Å²) in [7, 11) is 3.04. The molecular weight excluding hydrogens is 322 g/mol. The van der Waals surface area contributed by atoms with Crippen molar-refractivity contribution >= 4 is 17.4 Å². The van der Waals surface area contributed by atoms with Gasteiger partial charge in [-0.1, -0.05) is 19.3 Å². The Balaban J connectivity index is 1.81. The van der Waals surface area contributed by atoms with Gasteiger partial charge < -0.3 is 25.0 Å². The van der Waals surface area contributed by atoms with Gasteiger partial charge >= 0.3 is 5.97 Å². The number of aromatic amines is 1. The van der Waals surface area contributed by atoms with Gasteiger partial charge in [-0.15, -0.1) is 0 Å². The van der Waals surface area contributed by atoms with Crippen molar-refractivity contribution < 1.29 is 19.4 Å². The maximum atomic E-state index is 12.9. The number of carbonyl (C=O) groups is 2.